The van der Waals surface area contributed by atoms with Gasteiger partial charge in [0.1, 0.15) is 17.9 Å². The van der Waals surface area contributed by atoms with Gasteiger partial charge in [0.05, 0.1) is 12.8 Å². The summed E-state index contributed by atoms with van der Waals surface area (Å²) >= 11 is 0. The standard InChI is InChI=1S/C14H17N3O/c1-9-7-11(18-4)5-6-12(9)13-10(2)16-8-17-14(13)15-3/h5-8H,1-4H3,(H,15,16,17). The summed E-state index contributed by atoms with van der Waals surface area (Å²) in [7, 11) is 3.54. The Balaban J connectivity index is 2.62. The molecule has 1 aromatic carbocycles. The van der Waals surface area contributed by atoms with E-state index in [-0.39, 0.29) is 0 Å². The lowest BCUT2D eigenvalue weighted by atomic mass is 9.99. The summed E-state index contributed by atoms with van der Waals surface area (Å²) < 4.78 is 5.23. The molecule has 0 aliphatic heterocycles. The Hall–Kier alpha value is -2.10. The van der Waals surface area contributed by atoms with Gasteiger partial charge < -0.3 is 10.1 Å². The van der Waals surface area contributed by atoms with Crippen molar-refractivity contribution < 1.29 is 4.74 Å². The van der Waals surface area contributed by atoms with Gasteiger partial charge in [0.2, 0.25) is 0 Å². The SMILES string of the molecule is CNc1ncnc(C)c1-c1ccc(OC)cc1C. The maximum Gasteiger partial charge on any atom is 0.137 e. The molecule has 4 nitrogen and oxygen atoms in total. The average Bonchev–Trinajstić information content (AvgIpc) is 2.39. The number of hydrogen-bond donors (Lipinski definition) is 1. The summed E-state index contributed by atoms with van der Waals surface area (Å²) in [6, 6.07) is 6.01. The molecule has 1 N–H and O–H groups in total. The number of ether oxygens (including phenoxy) is 1. The number of nitrogens with zero attached hydrogens (tertiary/aromatic N) is 2. The maximum atomic E-state index is 5.23. The summed E-state index contributed by atoms with van der Waals surface area (Å²) in [6.07, 6.45) is 1.57. The zero-order chi connectivity index (χ0) is 13.1. The van der Waals surface area contributed by atoms with E-state index in [1.54, 1.807) is 13.4 Å². The molecule has 0 saturated heterocycles. The highest BCUT2D eigenvalue weighted by atomic mass is 16.5. The molecule has 4 heteroatoms. The molecule has 0 fully saturated rings. The first-order valence-electron chi connectivity index (χ1n) is 5.81. The van der Waals surface area contributed by atoms with Crippen molar-refractivity contribution in [2.45, 2.75) is 13.8 Å². The number of benzene rings is 1. The Morgan fingerprint density at radius 1 is 1.17 bits per heavy atom. The third kappa shape index (κ3) is 2.14. The van der Waals surface area contributed by atoms with Gasteiger partial charge in [0.25, 0.3) is 0 Å². The van der Waals surface area contributed by atoms with E-state index >= 15 is 0 Å². The fourth-order valence-corrected chi connectivity index (χ4v) is 2.03. The van der Waals surface area contributed by atoms with Crippen LogP contribution in [0.5, 0.6) is 5.75 Å². The van der Waals surface area contributed by atoms with Gasteiger partial charge in [-0.15, -0.1) is 0 Å². The Kier molecular flexibility index (Phi) is 3.46. The van der Waals surface area contributed by atoms with Crippen molar-refractivity contribution in [3.8, 4) is 16.9 Å². The Labute approximate surface area is 107 Å². The molecule has 1 heterocycles. The first kappa shape index (κ1) is 12.4. The lowest BCUT2D eigenvalue weighted by Crippen LogP contribution is -2.00. The van der Waals surface area contributed by atoms with Crippen LogP contribution in [0.1, 0.15) is 11.3 Å². The van der Waals surface area contributed by atoms with Crippen molar-refractivity contribution in [3.05, 3.63) is 35.8 Å². The van der Waals surface area contributed by atoms with Crippen LogP contribution < -0.4 is 10.1 Å². The van der Waals surface area contributed by atoms with E-state index in [0.29, 0.717) is 0 Å². The Bertz CT molecular complexity index is 567. The third-order valence-corrected chi connectivity index (χ3v) is 2.98. The van der Waals surface area contributed by atoms with Gasteiger partial charge in [-0.3, -0.25) is 0 Å². The van der Waals surface area contributed by atoms with E-state index in [4.69, 9.17) is 4.74 Å². The molecule has 0 radical (unpaired) electrons. The van der Waals surface area contributed by atoms with Crippen LogP contribution in [0.2, 0.25) is 0 Å². The minimum absolute atomic E-state index is 0.843. The molecule has 0 aliphatic carbocycles. The van der Waals surface area contributed by atoms with E-state index in [9.17, 15) is 0 Å². The smallest absolute Gasteiger partial charge is 0.137 e. The van der Waals surface area contributed by atoms with Gasteiger partial charge >= 0.3 is 0 Å². The molecule has 0 atom stereocenters. The van der Waals surface area contributed by atoms with Crippen molar-refractivity contribution >= 4 is 5.82 Å². The second-order valence-electron chi connectivity index (χ2n) is 4.11. The number of aromatic nitrogens is 2. The number of anilines is 1. The summed E-state index contributed by atoms with van der Waals surface area (Å²) in [6.45, 7) is 4.05. The fraction of sp³-hybridized carbons (Fsp3) is 0.286. The number of hydrogen-bond acceptors (Lipinski definition) is 4. The molecule has 0 bridgehead atoms. The largest absolute Gasteiger partial charge is 0.497 e. The highest BCUT2D eigenvalue weighted by Gasteiger charge is 2.12. The first-order chi connectivity index (χ1) is 8.67. The van der Waals surface area contributed by atoms with E-state index < -0.39 is 0 Å². The predicted molar refractivity (Wildman–Crippen MR) is 73.0 cm³/mol. The van der Waals surface area contributed by atoms with Gasteiger partial charge in [-0.05, 0) is 37.1 Å². The number of methoxy groups -OCH3 is 1. The van der Waals surface area contributed by atoms with Crippen LogP contribution in [0.4, 0.5) is 5.82 Å². The maximum absolute atomic E-state index is 5.23. The van der Waals surface area contributed by atoms with Crippen LogP contribution >= 0.6 is 0 Å². The number of aryl methyl sites for hydroxylation is 2. The third-order valence-electron chi connectivity index (χ3n) is 2.98. The van der Waals surface area contributed by atoms with Crippen molar-refractivity contribution in [2.75, 3.05) is 19.5 Å². The second-order valence-corrected chi connectivity index (χ2v) is 4.11. The highest BCUT2D eigenvalue weighted by Crippen LogP contribution is 2.32. The Morgan fingerprint density at radius 3 is 2.56 bits per heavy atom. The van der Waals surface area contributed by atoms with Crippen molar-refractivity contribution in [1.29, 1.82) is 0 Å². The predicted octanol–water partition coefficient (Wildman–Crippen LogP) is 2.81. The zero-order valence-electron chi connectivity index (χ0n) is 11.1. The van der Waals surface area contributed by atoms with Gasteiger partial charge in [0.15, 0.2) is 0 Å². The minimum atomic E-state index is 0.843. The summed E-state index contributed by atoms with van der Waals surface area (Å²) in [5.74, 6) is 1.70. The van der Waals surface area contributed by atoms with Crippen LogP contribution in [0.3, 0.4) is 0 Å². The van der Waals surface area contributed by atoms with Crippen LogP contribution in [-0.2, 0) is 0 Å². The molecular formula is C14H17N3O. The molecule has 0 spiro atoms. The van der Waals surface area contributed by atoms with Crippen LogP contribution in [-0.4, -0.2) is 24.1 Å². The molecule has 0 aliphatic rings. The van der Waals surface area contributed by atoms with Crippen molar-refractivity contribution in [3.63, 3.8) is 0 Å². The molecule has 0 amide bonds. The van der Waals surface area contributed by atoms with Crippen LogP contribution in [0.15, 0.2) is 24.5 Å². The number of nitrogens with one attached hydrogen (secondary N) is 1. The quantitative estimate of drug-likeness (QED) is 0.900. The number of rotatable bonds is 3. The lowest BCUT2D eigenvalue weighted by molar-refractivity contribution is 0.414. The van der Waals surface area contributed by atoms with Crippen LogP contribution in [0, 0.1) is 13.8 Å². The lowest BCUT2D eigenvalue weighted by Gasteiger charge is -2.13. The molecule has 0 saturated carbocycles. The topological polar surface area (TPSA) is 47.0 Å². The molecule has 2 aromatic rings. The molecule has 94 valence electrons. The van der Waals surface area contributed by atoms with E-state index in [0.717, 1.165) is 34.0 Å². The summed E-state index contributed by atoms with van der Waals surface area (Å²) in [5, 5.41) is 3.11. The Morgan fingerprint density at radius 2 is 1.94 bits per heavy atom. The molecule has 1 aromatic heterocycles. The van der Waals surface area contributed by atoms with Gasteiger partial charge in [-0.1, -0.05) is 6.07 Å². The minimum Gasteiger partial charge on any atom is -0.497 e. The zero-order valence-corrected chi connectivity index (χ0v) is 11.1. The van der Waals surface area contributed by atoms with E-state index in [2.05, 4.69) is 22.2 Å². The van der Waals surface area contributed by atoms with Crippen molar-refractivity contribution in [2.24, 2.45) is 0 Å². The van der Waals surface area contributed by atoms with E-state index in [1.165, 1.54) is 0 Å². The highest BCUT2D eigenvalue weighted by molar-refractivity contribution is 5.79. The molecule has 0 unspecified atom stereocenters. The average molecular weight is 243 g/mol. The van der Waals surface area contributed by atoms with E-state index in [1.807, 2.05) is 32.2 Å². The van der Waals surface area contributed by atoms with Crippen LogP contribution in [0.25, 0.3) is 11.1 Å². The van der Waals surface area contributed by atoms with Gasteiger partial charge in [-0.2, -0.15) is 0 Å². The van der Waals surface area contributed by atoms with Gasteiger partial charge in [-0.25, -0.2) is 9.97 Å². The molecule has 2 rings (SSSR count). The fourth-order valence-electron chi connectivity index (χ4n) is 2.03. The second kappa shape index (κ2) is 5.04. The summed E-state index contributed by atoms with van der Waals surface area (Å²) in [4.78, 5) is 8.53. The molecular weight excluding hydrogens is 226 g/mol. The van der Waals surface area contributed by atoms with Gasteiger partial charge in [0, 0.05) is 12.6 Å². The summed E-state index contributed by atoms with van der Waals surface area (Å²) in [5.41, 5.74) is 4.27. The molecule has 18 heavy (non-hydrogen) atoms. The van der Waals surface area contributed by atoms with Crippen molar-refractivity contribution in [1.82, 2.24) is 9.97 Å². The first-order valence-corrected chi connectivity index (χ1v) is 5.81. The monoisotopic (exact) mass is 243 g/mol. The normalized spacial score (nSPS) is 10.2.